The molecule has 5 heteroatoms. The van der Waals surface area contributed by atoms with E-state index in [4.69, 9.17) is 10.5 Å². The largest absolute Gasteiger partial charge is 0.491 e. The van der Waals surface area contributed by atoms with Gasteiger partial charge in [-0.25, -0.2) is 0 Å². The van der Waals surface area contributed by atoms with Crippen molar-refractivity contribution < 1.29 is 14.6 Å². The molecule has 1 aromatic rings. The number of amides is 1. The lowest BCUT2D eigenvalue weighted by Gasteiger charge is -2.18. The number of nitrogens with two attached hydrogens (primary N) is 1. The minimum absolute atomic E-state index is 0.137. The Labute approximate surface area is 106 Å². The molecule has 1 unspecified atom stereocenters. The van der Waals surface area contributed by atoms with Crippen LogP contribution in [0, 0.1) is 0 Å². The van der Waals surface area contributed by atoms with Crippen molar-refractivity contribution in [3.05, 3.63) is 23.8 Å². The highest BCUT2D eigenvalue weighted by molar-refractivity contribution is 5.98. The van der Waals surface area contributed by atoms with Crippen LogP contribution in [0.3, 0.4) is 0 Å². The Morgan fingerprint density at radius 1 is 1.61 bits per heavy atom. The highest BCUT2D eigenvalue weighted by atomic mass is 16.5. The third-order valence-corrected chi connectivity index (χ3v) is 3.02. The van der Waals surface area contributed by atoms with Crippen LogP contribution in [0.4, 0.5) is 5.69 Å². The predicted octanol–water partition coefficient (Wildman–Crippen LogP) is 0.874. The lowest BCUT2D eigenvalue weighted by atomic mass is 10.1. The van der Waals surface area contributed by atoms with Gasteiger partial charge in [0.15, 0.2) is 5.75 Å². The fourth-order valence-electron chi connectivity index (χ4n) is 2.13. The first-order valence-electron chi connectivity index (χ1n) is 6.12. The molecule has 0 saturated carbocycles. The quantitative estimate of drug-likeness (QED) is 0.781. The van der Waals surface area contributed by atoms with Gasteiger partial charge >= 0.3 is 0 Å². The summed E-state index contributed by atoms with van der Waals surface area (Å²) in [6.07, 6.45) is 0.198. The maximum absolute atomic E-state index is 12.3. The van der Waals surface area contributed by atoms with Gasteiger partial charge in [0.1, 0.15) is 0 Å². The molecule has 0 radical (unpaired) electrons. The van der Waals surface area contributed by atoms with E-state index in [1.807, 2.05) is 6.92 Å². The van der Waals surface area contributed by atoms with Crippen LogP contribution in [-0.2, 0) is 0 Å². The van der Waals surface area contributed by atoms with Crippen molar-refractivity contribution in [3.8, 4) is 5.75 Å². The zero-order chi connectivity index (χ0) is 13.1. The number of nitrogens with zero attached hydrogens (tertiary/aromatic N) is 1. The van der Waals surface area contributed by atoms with Gasteiger partial charge in [-0.2, -0.15) is 0 Å². The molecule has 1 heterocycles. The molecule has 0 spiro atoms. The Kier molecular flexibility index (Phi) is 3.72. The zero-order valence-corrected chi connectivity index (χ0v) is 10.4. The van der Waals surface area contributed by atoms with Gasteiger partial charge in [-0.15, -0.1) is 0 Å². The molecule has 3 N–H and O–H groups in total. The number of β-amino-alcohol motifs (C(OH)–C–C–N with tert-alkyl or cyclic N) is 1. The molecule has 1 amide bonds. The molecule has 1 aromatic carbocycles. The van der Waals surface area contributed by atoms with Gasteiger partial charge in [0.05, 0.1) is 24.0 Å². The van der Waals surface area contributed by atoms with E-state index in [9.17, 15) is 9.90 Å². The SMILES string of the molecule is CCOc1c(N)cccc1C(=O)N1CCC(O)C1. The lowest BCUT2D eigenvalue weighted by molar-refractivity contribution is 0.0761. The molecule has 0 aromatic heterocycles. The summed E-state index contributed by atoms with van der Waals surface area (Å²) in [5, 5.41) is 9.47. The Bertz CT molecular complexity index is 448. The lowest BCUT2D eigenvalue weighted by Crippen LogP contribution is -2.30. The van der Waals surface area contributed by atoms with Crippen molar-refractivity contribution in [1.82, 2.24) is 4.90 Å². The van der Waals surface area contributed by atoms with Crippen LogP contribution in [0.1, 0.15) is 23.7 Å². The fraction of sp³-hybridized carbons (Fsp3) is 0.462. The molecule has 2 rings (SSSR count). The van der Waals surface area contributed by atoms with Crippen LogP contribution < -0.4 is 10.5 Å². The number of likely N-dealkylation sites (tertiary alicyclic amines) is 1. The minimum Gasteiger partial charge on any atom is -0.491 e. The number of hydrogen-bond acceptors (Lipinski definition) is 4. The van der Waals surface area contributed by atoms with Crippen LogP contribution in [-0.4, -0.2) is 41.7 Å². The van der Waals surface area contributed by atoms with E-state index in [0.717, 1.165) is 0 Å². The summed E-state index contributed by atoms with van der Waals surface area (Å²) in [5.74, 6) is 0.300. The van der Waals surface area contributed by atoms with Gasteiger partial charge < -0.3 is 20.5 Å². The second kappa shape index (κ2) is 5.27. The minimum atomic E-state index is -0.425. The van der Waals surface area contributed by atoms with E-state index in [0.29, 0.717) is 43.1 Å². The van der Waals surface area contributed by atoms with Gasteiger partial charge in [-0.1, -0.05) is 6.07 Å². The molecule has 1 aliphatic rings. The highest BCUT2D eigenvalue weighted by Gasteiger charge is 2.27. The van der Waals surface area contributed by atoms with Crippen molar-refractivity contribution in [2.24, 2.45) is 0 Å². The molecular weight excluding hydrogens is 232 g/mol. The number of aliphatic hydroxyl groups is 1. The Hall–Kier alpha value is -1.75. The van der Waals surface area contributed by atoms with Gasteiger partial charge in [0.2, 0.25) is 0 Å². The molecule has 1 fully saturated rings. The van der Waals surface area contributed by atoms with E-state index in [1.165, 1.54) is 0 Å². The van der Waals surface area contributed by atoms with E-state index in [1.54, 1.807) is 23.1 Å². The van der Waals surface area contributed by atoms with E-state index in [-0.39, 0.29) is 5.91 Å². The van der Waals surface area contributed by atoms with Gasteiger partial charge in [0, 0.05) is 13.1 Å². The summed E-state index contributed by atoms with van der Waals surface area (Å²) in [4.78, 5) is 13.9. The molecule has 5 nitrogen and oxygen atoms in total. The van der Waals surface area contributed by atoms with Crippen LogP contribution in [0.5, 0.6) is 5.75 Å². The average molecular weight is 250 g/mol. The van der Waals surface area contributed by atoms with Gasteiger partial charge in [-0.05, 0) is 25.5 Å². The molecular formula is C13H18N2O3. The van der Waals surface area contributed by atoms with Crippen molar-refractivity contribution in [2.75, 3.05) is 25.4 Å². The average Bonchev–Trinajstić information content (AvgIpc) is 2.78. The van der Waals surface area contributed by atoms with Crippen molar-refractivity contribution in [3.63, 3.8) is 0 Å². The summed E-state index contributed by atoms with van der Waals surface area (Å²) >= 11 is 0. The van der Waals surface area contributed by atoms with Gasteiger partial charge in [-0.3, -0.25) is 4.79 Å². The van der Waals surface area contributed by atoms with Crippen molar-refractivity contribution in [1.29, 1.82) is 0 Å². The third-order valence-electron chi connectivity index (χ3n) is 3.02. The second-order valence-corrected chi connectivity index (χ2v) is 4.35. The monoisotopic (exact) mass is 250 g/mol. The fourth-order valence-corrected chi connectivity index (χ4v) is 2.13. The first kappa shape index (κ1) is 12.7. The number of hydrogen-bond donors (Lipinski definition) is 2. The maximum Gasteiger partial charge on any atom is 0.257 e. The van der Waals surface area contributed by atoms with Crippen molar-refractivity contribution >= 4 is 11.6 Å². The van der Waals surface area contributed by atoms with Crippen LogP contribution >= 0.6 is 0 Å². The zero-order valence-electron chi connectivity index (χ0n) is 10.4. The topological polar surface area (TPSA) is 75.8 Å². The summed E-state index contributed by atoms with van der Waals surface area (Å²) in [5.41, 5.74) is 6.75. The molecule has 18 heavy (non-hydrogen) atoms. The summed E-state index contributed by atoms with van der Waals surface area (Å²) in [6, 6.07) is 5.15. The predicted molar refractivity (Wildman–Crippen MR) is 68.6 cm³/mol. The summed E-state index contributed by atoms with van der Waals surface area (Å²) in [7, 11) is 0. The summed E-state index contributed by atoms with van der Waals surface area (Å²) in [6.45, 7) is 3.25. The smallest absolute Gasteiger partial charge is 0.257 e. The number of aliphatic hydroxyl groups excluding tert-OH is 1. The standard InChI is InChI=1S/C13H18N2O3/c1-2-18-12-10(4-3-5-11(12)14)13(17)15-7-6-9(16)8-15/h3-5,9,16H,2,6-8,14H2,1H3. The molecule has 0 bridgehead atoms. The maximum atomic E-state index is 12.3. The number of para-hydroxylation sites is 1. The molecule has 98 valence electrons. The molecule has 0 aliphatic carbocycles. The number of ether oxygens (including phenoxy) is 1. The van der Waals surface area contributed by atoms with E-state index < -0.39 is 6.10 Å². The Morgan fingerprint density at radius 3 is 3.00 bits per heavy atom. The number of carbonyl (C=O) groups is 1. The second-order valence-electron chi connectivity index (χ2n) is 4.35. The summed E-state index contributed by atoms with van der Waals surface area (Å²) < 4.78 is 5.44. The number of rotatable bonds is 3. The Morgan fingerprint density at radius 2 is 2.39 bits per heavy atom. The third kappa shape index (κ3) is 2.41. The normalized spacial score (nSPS) is 19.0. The number of nitrogen functional groups attached to an aromatic ring is 1. The van der Waals surface area contributed by atoms with Crippen LogP contribution in [0.25, 0.3) is 0 Å². The van der Waals surface area contributed by atoms with Crippen LogP contribution in [0.15, 0.2) is 18.2 Å². The highest BCUT2D eigenvalue weighted by Crippen LogP contribution is 2.28. The first-order chi connectivity index (χ1) is 8.63. The van der Waals surface area contributed by atoms with E-state index >= 15 is 0 Å². The van der Waals surface area contributed by atoms with Crippen molar-refractivity contribution in [2.45, 2.75) is 19.4 Å². The number of benzene rings is 1. The molecule has 1 atom stereocenters. The Balaban J connectivity index is 2.27. The number of carbonyl (C=O) groups excluding carboxylic acids is 1. The van der Waals surface area contributed by atoms with Gasteiger partial charge in [0.25, 0.3) is 5.91 Å². The van der Waals surface area contributed by atoms with Crippen LogP contribution in [0.2, 0.25) is 0 Å². The molecule has 1 aliphatic heterocycles. The first-order valence-corrected chi connectivity index (χ1v) is 6.12. The number of anilines is 1. The van der Waals surface area contributed by atoms with E-state index in [2.05, 4.69) is 0 Å². The molecule has 1 saturated heterocycles.